The molecule has 0 heterocycles. The van der Waals surface area contributed by atoms with E-state index in [0.29, 0.717) is 23.7 Å². The highest BCUT2D eigenvalue weighted by atomic mass is 32.2. The van der Waals surface area contributed by atoms with Crippen LogP contribution in [0.3, 0.4) is 0 Å². The minimum atomic E-state index is -0.414. The molecule has 1 aromatic carbocycles. The highest BCUT2D eigenvalue weighted by molar-refractivity contribution is 8.00. The van der Waals surface area contributed by atoms with Crippen LogP contribution in [-0.4, -0.2) is 36.7 Å². The molecule has 0 radical (unpaired) electrons. The first-order valence-electron chi connectivity index (χ1n) is 6.24. The van der Waals surface area contributed by atoms with Crippen molar-refractivity contribution >= 4 is 23.1 Å². The van der Waals surface area contributed by atoms with Crippen LogP contribution in [0, 0.1) is 10.1 Å². The number of nitro benzene ring substituents is 1. The number of hydrogen-bond acceptors (Lipinski definition) is 6. The van der Waals surface area contributed by atoms with Crippen molar-refractivity contribution < 1.29 is 14.4 Å². The third-order valence-corrected chi connectivity index (χ3v) is 4.96. The van der Waals surface area contributed by atoms with Gasteiger partial charge < -0.3 is 14.8 Å². The van der Waals surface area contributed by atoms with Gasteiger partial charge in [0.1, 0.15) is 5.69 Å². The van der Waals surface area contributed by atoms with Crippen molar-refractivity contribution in [2.75, 3.05) is 32.3 Å². The highest BCUT2D eigenvalue weighted by Crippen LogP contribution is 2.47. The Hall–Kier alpha value is -1.63. The van der Waals surface area contributed by atoms with Crippen molar-refractivity contribution in [2.24, 2.45) is 0 Å². The molecule has 1 N–H and O–H groups in total. The van der Waals surface area contributed by atoms with Crippen molar-refractivity contribution in [3.8, 4) is 11.5 Å². The zero-order valence-electron chi connectivity index (χ0n) is 11.8. The van der Waals surface area contributed by atoms with Crippen molar-refractivity contribution in [3.63, 3.8) is 0 Å². The Morgan fingerprint density at radius 3 is 2.40 bits per heavy atom. The van der Waals surface area contributed by atoms with Gasteiger partial charge in [0.2, 0.25) is 0 Å². The molecule has 1 aliphatic rings. The van der Waals surface area contributed by atoms with E-state index in [0.717, 1.165) is 12.8 Å². The SMILES string of the molecule is COc1cc(NCC2(SC)CC2)c([N+](=O)[O-])cc1OC. The van der Waals surface area contributed by atoms with E-state index in [4.69, 9.17) is 9.47 Å². The second-order valence-electron chi connectivity index (χ2n) is 4.72. The van der Waals surface area contributed by atoms with Crippen LogP contribution in [0.15, 0.2) is 12.1 Å². The second kappa shape index (κ2) is 5.78. The molecule has 0 saturated heterocycles. The summed E-state index contributed by atoms with van der Waals surface area (Å²) in [7, 11) is 2.97. The number of methoxy groups -OCH3 is 2. The number of nitrogens with zero attached hydrogens (tertiary/aromatic N) is 1. The summed E-state index contributed by atoms with van der Waals surface area (Å²) in [6, 6.07) is 3.01. The van der Waals surface area contributed by atoms with E-state index in [9.17, 15) is 10.1 Å². The number of rotatable bonds is 7. The smallest absolute Gasteiger partial charge is 0.296 e. The molecule has 0 unspecified atom stereocenters. The van der Waals surface area contributed by atoms with Gasteiger partial charge in [-0.2, -0.15) is 11.8 Å². The molecule has 0 bridgehead atoms. The van der Waals surface area contributed by atoms with E-state index in [1.165, 1.54) is 20.3 Å². The summed E-state index contributed by atoms with van der Waals surface area (Å²) in [6.45, 7) is 0.713. The van der Waals surface area contributed by atoms with Gasteiger partial charge in [0, 0.05) is 17.4 Å². The number of nitro groups is 1. The molecule has 0 aromatic heterocycles. The quantitative estimate of drug-likeness (QED) is 0.616. The molecule has 6 nitrogen and oxygen atoms in total. The van der Waals surface area contributed by atoms with Gasteiger partial charge in [-0.1, -0.05) is 0 Å². The number of anilines is 1. The topological polar surface area (TPSA) is 73.6 Å². The lowest BCUT2D eigenvalue weighted by atomic mass is 10.2. The lowest BCUT2D eigenvalue weighted by Crippen LogP contribution is -2.18. The van der Waals surface area contributed by atoms with E-state index in [1.807, 2.05) is 0 Å². The zero-order valence-corrected chi connectivity index (χ0v) is 12.6. The normalized spacial score (nSPS) is 15.6. The fraction of sp³-hybridized carbons (Fsp3) is 0.538. The van der Waals surface area contributed by atoms with Crippen LogP contribution in [0.5, 0.6) is 11.5 Å². The summed E-state index contributed by atoms with van der Waals surface area (Å²) in [4.78, 5) is 10.7. The van der Waals surface area contributed by atoms with Crippen molar-refractivity contribution in [1.82, 2.24) is 0 Å². The lowest BCUT2D eigenvalue weighted by molar-refractivity contribution is -0.384. The molecule has 1 aromatic rings. The average molecular weight is 298 g/mol. The molecule has 20 heavy (non-hydrogen) atoms. The fourth-order valence-electron chi connectivity index (χ4n) is 2.01. The maximum absolute atomic E-state index is 11.2. The Morgan fingerprint density at radius 2 is 1.95 bits per heavy atom. The molecular formula is C13H18N2O4S. The Labute approximate surface area is 122 Å². The molecule has 0 aliphatic heterocycles. The molecule has 110 valence electrons. The van der Waals surface area contributed by atoms with Gasteiger partial charge in [-0.3, -0.25) is 10.1 Å². The summed E-state index contributed by atoms with van der Waals surface area (Å²) < 4.78 is 10.5. The molecule has 1 saturated carbocycles. The monoisotopic (exact) mass is 298 g/mol. The maximum Gasteiger partial charge on any atom is 0.296 e. The second-order valence-corrected chi connectivity index (χ2v) is 6.00. The van der Waals surface area contributed by atoms with Crippen LogP contribution in [0.1, 0.15) is 12.8 Å². The van der Waals surface area contributed by atoms with Crippen LogP contribution in [0.25, 0.3) is 0 Å². The van der Waals surface area contributed by atoms with Gasteiger partial charge in [-0.05, 0) is 19.1 Å². The number of benzene rings is 1. The standard InChI is InChI=1S/C13H18N2O4S/c1-18-11-6-9(14-8-13(20-3)4-5-13)10(15(16)17)7-12(11)19-2/h6-7,14H,4-5,8H2,1-3H3. The minimum Gasteiger partial charge on any atom is -0.493 e. The summed E-state index contributed by atoms with van der Waals surface area (Å²) in [6.07, 6.45) is 4.35. The van der Waals surface area contributed by atoms with Gasteiger partial charge >= 0.3 is 0 Å². The fourth-order valence-corrected chi connectivity index (χ4v) is 2.74. The van der Waals surface area contributed by atoms with E-state index >= 15 is 0 Å². The summed E-state index contributed by atoms with van der Waals surface area (Å²) >= 11 is 1.80. The Kier molecular flexibility index (Phi) is 4.27. The van der Waals surface area contributed by atoms with Gasteiger partial charge in [0.15, 0.2) is 11.5 Å². The van der Waals surface area contributed by atoms with Crippen molar-refractivity contribution in [2.45, 2.75) is 17.6 Å². The predicted octanol–water partition coefficient (Wildman–Crippen LogP) is 2.92. The first-order chi connectivity index (χ1) is 9.55. The van der Waals surface area contributed by atoms with E-state index in [1.54, 1.807) is 17.8 Å². The number of hydrogen-bond donors (Lipinski definition) is 1. The molecule has 0 atom stereocenters. The molecule has 7 heteroatoms. The number of ether oxygens (including phenoxy) is 2. The summed E-state index contributed by atoms with van der Waals surface area (Å²) in [5.41, 5.74) is 0.465. The van der Waals surface area contributed by atoms with E-state index < -0.39 is 4.92 Å². The Balaban J connectivity index is 2.27. The Bertz CT molecular complexity index is 517. The minimum absolute atomic E-state index is 0.000414. The maximum atomic E-state index is 11.2. The van der Waals surface area contributed by atoms with Gasteiger partial charge in [0.25, 0.3) is 5.69 Å². The molecule has 2 rings (SSSR count). The summed E-state index contributed by atoms with van der Waals surface area (Å²) in [5.74, 6) is 0.838. The van der Waals surface area contributed by atoms with Crippen LogP contribution < -0.4 is 14.8 Å². The van der Waals surface area contributed by atoms with Gasteiger partial charge in [-0.15, -0.1) is 0 Å². The first kappa shape index (κ1) is 14.8. The molecule has 0 spiro atoms. The van der Waals surface area contributed by atoms with Crippen LogP contribution in [-0.2, 0) is 0 Å². The van der Waals surface area contributed by atoms with Gasteiger partial charge in [-0.25, -0.2) is 0 Å². The summed E-state index contributed by atoms with van der Waals surface area (Å²) in [5, 5.41) is 14.3. The van der Waals surface area contributed by atoms with Gasteiger partial charge in [0.05, 0.1) is 25.2 Å². The average Bonchev–Trinajstić information content (AvgIpc) is 3.24. The van der Waals surface area contributed by atoms with E-state index in [-0.39, 0.29) is 10.4 Å². The molecule has 1 fully saturated rings. The highest BCUT2D eigenvalue weighted by Gasteiger charge is 2.41. The lowest BCUT2D eigenvalue weighted by Gasteiger charge is -2.16. The van der Waals surface area contributed by atoms with Crippen molar-refractivity contribution in [1.29, 1.82) is 0 Å². The van der Waals surface area contributed by atoms with Crippen LogP contribution in [0.2, 0.25) is 0 Å². The van der Waals surface area contributed by atoms with E-state index in [2.05, 4.69) is 11.6 Å². The molecule has 0 amide bonds. The zero-order chi connectivity index (χ0) is 14.8. The number of thioether (sulfide) groups is 1. The largest absolute Gasteiger partial charge is 0.493 e. The predicted molar refractivity (Wildman–Crippen MR) is 80.2 cm³/mol. The third kappa shape index (κ3) is 2.92. The third-order valence-electron chi connectivity index (χ3n) is 3.54. The van der Waals surface area contributed by atoms with Crippen molar-refractivity contribution in [3.05, 3.63) is 22.2 Å². The molecule has 1 aliphatic carbocycles. The van der Waals surface area contributed by atoms with Crippen LogP contribution in [0.4, 0.5) is 11.4 Å². The Morgan fingerprint density at radius 1 is 1.35 bits per heavy atom. The first-order valence-corrected chi connectivity index (χ1v) is 7.47. The van der Waals surface area contributed by atoms with Crippen LogP contribution >= 0.6 is 11.8 Å². The number of nitrogens with one attached hydrogen (secondary N) is 1. The molecular weight excluding hydrogens is 280 g/mol.